The Labute approximate surface area is 255 Å². The summed E-state index contributed by atoms with van der Waals surface area (Å²) in [6.07, 6.45) is 0. The zero-order chi connectivity index (χ0) is 31.2. The van der Waals surface area contributed by atoms with Crippen molar-refractivity contribution in [3.63, 3.8) is 0 Å². The molecule has 7 aromatic rings. The van der Waals surface area contributed by atoms with Crippen molar-refractivity contribution in [3.05, 3.63) is 137 Å². The predicted molar refractivity (Wildman–Crippen MR) is 171 cm³/mol. The van der Waals surface area contributed by atoms with Crippen LogP contribution in [0.25, 0.3) is 43.1 Å². The smallest absolute Gasteiger partial charge is 0.340 e. The second kappa shape index (κ2) is 9.21. The number of fused-ring (bicyclic) bond motifs is 4. The molecule has 0 amide bonds. The minimum Gasteiger partial charge on any atom is -0.508 e. The zero-order valence-electron chi connectivity index (χ0n) is 23.8. The number of hydrogen-bond donors (Lipinski definition) is 4. The number of benzene rings is 7. The lowest BCUT2D eigenvalue weighted by Crippen LogP contribution is -2.39. The van der Waals surface area contributed by atoms with Crippen LogP contribution in [0.1, 0.15) is 43.0 Å². The lowest BCUT2D eigenvalue weighted by molar-refractivity contribution is 0.0135. The third-order valence-corrected chi connectivity index (χ3v) is 9.02. The second-order valence-electron chi connectivity index (χ2n) is 11.4. The summed E-state index contributed by atoms with van der Waals surface area (Å²) >= 11 is 0. The molecule has 0 saturated heterocycles. The maximum absolute atomic E-state index is 14.1. The third-order valence-electron chi connectivity index (χ3n) is 9.02. The highest BCUT2D eigenvalue weighted by molar-refractivity contribution is 6.15. The molecule has 1 aliphatic heterocycles. The zero-order valence-corrected chi connectivity index (χ0v) is 23.8. The molecule has 0 saturated carbocycles. The van der Waals surface area contributed by atoms with Crippen molar-refractivity contribution in [2.24, 2.45) is 0 Å². The van der Waals surface area contributed by atoms with Crippen LogP contribution in [0.5, 0.6) is 17.2 Å². The standard InChI is InChI=1S/C38H24O7/c1-19-16-30(25-14-12-20-6-2-3-9-23(20)33(25)34(19)40)38(29-11-5-8-21-7-4-10-26(32(21)29)37(44)45-38)31-18-28(36(42)43)35(41)24-15-13-22(39)17-27(24)31/h2-18,39-41H,1H3,(H,42,43). The first-order valence-electron chi connectivity index (χ1n) is 14.3. The van der Waals surface area contributed by atoms with Crippen LogP contribution in [0.4, 0.5) is 0 Å². The van der Waals surface area contributed by atoms with Crippen molar-refractivity contribution in [1.82, 2.24) is 0 Å². The Bertz CT molecular complexity index is 2460. The Morgan fingerprint density at radius 2 is 1.36 bits per heavy atom. The summed E-state index contributed by atoms with van der Waals surface area (Å²) in [5.74, 6) is -2.54. The van der Waals surface area contributed by atoms with E-state index in [9.17, 15) is 30.0 Å². The van der Waals surface area contributed by atoms with E-state index in [1.807, 2.05) is 60.7 Å². The number of rotatable bonds is 3. The quantitative estimate of drug-likeness (QED) is 0.122. The summed E-state index contributed by atoms with van der Waals surface area (Å²) in [6.45, 7) is 1.76. The Morgan fingerprint density at radius 3 is 2.16 bits per heavy atom. The minimum atomic E-state index is -1.78. The number of ether oxygens (including phenoxy) is 1. The van der Waals surface area contributed by atoms with Crippen LogP contribution in [0, 0.1) is 6.92 Å². The van der Waals surface area contributed by atoms with Gasteiger partial charge in [-0.1, -0.05) is 66.7 Å². The van der Waals surface area contributed by atoms with Crippen LogP contribution in [0.2, 0.25) is 0 Å². The van der Waals surface area contributed by atoms with Gasteiger partial charge in [-0.15, -0.1) is 0 Å². The first kappa shape index (κ1) is 26.5. The molecule has 1 atom stereocenters. The molecule has 1 aliphatic rings. The van der Waals surface area contributed by atoms with Crippen LogP contribution < -0.4 is 0 Å². The molecule has 0 aromatic heterocycles. The third kappa shape index (κ3) is 3.52. The number of carbonyl (C=O) groups excluding carboxylic acids is 1. The molecule has 1 heterocycles. The Kier molecular flexibility index (Phi) is 5.43. The fourth-order valence-electron chi connectivity index (χ4n) is 7.05. The van der Waals surface area contributed by atoms with E-state index in [1.165, 1.54) is 24.3 Å². The molecule has 0 aliphatic carbocycles. The molecule has 7 aromatic carbocycles. The van der Waals surface area contributed by atoms with Crippen molar-refractivity contribution < 1.29 is 34.8 Å². The number of carbonyl (C=O) groups is 2. The maximum Gasteiger partial charge on any atom is 0.340 e. The molecule has 0 radical (unpaired) electrons. The van der Waals surface area contributed by atoms with E-state index < -0.39 is 28.9 Å². The summed E-state index contributed by atoms with van der Waals surface area (Å²) in [7, 11) is 0. The number of hydrogen-bond acceptors (Lipinski definition) is 6. The molecule has 7 nitrogen and oxygen atoms in total. The van der Waals surface area contributed by atoms with E-state index in [1.54, 1.807) is 25.1 Å². The van der Waals surface area contributed by atoms with Crippen LogP contribution >= 0.6 is 0 Å². The first-order chi connectivity index (χ1) is 21.7. The normalized spacial score (nSPS) is 16.0. The molecule has 218 valence electrons. The van der Waals surface area contributed by atoms with Crippen molar-refractivity contribution in [3.8, 4) is 17.2 Å². The number of carboxylic acids is 1. The predicted octanol–water partition coefficient (Wildman–Crippen LogP) is 7.89. The number of aromatic hydroxyl groups is 3. The number of aromatic carboxylic acids is 1. The van der Waals surface area contributed by atoms with Crippen molar-refractivity contribution in [2.45, 2.75) is 12.5 Å². The van der Waals surface area contributed by atoms with Gasteiger partial charge in [0.05, 0.1) is 5.56 Å². The van der Waals surface area contributed by atoms with E-state index in [4.69, 9.17) is 4.74 Å². The fourth-order valence-corrected chi connectivity index (χ4v) is 7.05. The number of esters is 1. The van der Waals surface area contributed by atoms with Crippen LogP contribution in [0.3, 0.4) is 0 Å². The molecule has 0 spiro atoms. The number of aryl methyl sites for hydroxylation is 1. The van der Waals surface area contributed by atoms with Gasteiger partial charge in [-0.2, -0.15) is 0 Å². The molecule has 4 N–H and O–H groups in total. The van der Waals surface area contributed by atoms with E-state index in [0.29, 0.717) is 43.8 Å². The summed E-state index contributed by atoms with van der Waals surface area (Å²) in [5.41, 5.74) is -0.0166. The average Bonchev–Trinajstić information content (AvgIpc) is 3.04. The summed E-state index contributed by atoms with van der Waals surface area (Å²) in [5, 5.41) is 48.2. The van der Waals surface area contributed by atoms with Gasteiger partial charge in [0.25, 0.3) is 0 Å². The molecule has 0 bridgehead atoms. The van der Waals surface area contributed by atoms with E-state index >= 15 is 0 Å². The molecule has 1 unspecified atom stereocenters. The highest BCUT2D eigenvalue weighted by Crippen LogP contribution is 2.54. The van der Waals surface area contributed by atoms with E-state index in [0.717, 1.165) is 16.2 Å². The Hall–Kier alpha value is -6.08. The van der Waals surface area contributed by atoms with Crippen molar-refractivity contribution in [1.29, 1.82) is 0 Å². The SMILES string of the molecule is Cc1cc(C2(c3cc(C(=O)O)c(O)c4ccc(O)cc34)OC(=O)c3cccc4cccc2c34)c2ccc3ccccc3c2c1O. The van der Waals surface area contributed by atoms with Gasteiger partial charge >= 0.3 is 11.9 Å². The lowest BCUT2D eigenvalue weighted by atomic mass is 9.72. The average molecular weight is 593 g/mol. The van der Waals surface area contributed by atoms with Gasteiger partial charge in [0.15, 0.2) is 5.60 Å². The number of carboxylic acid groups (broad SMARTS) is 1. The monoisotopic (exact) mass is 592 g/mol. The first-order valence-corrected chi connectivity index (χ1v) is 14.3. The number of phenols is 3. The highest BCUT2D eigenvalue weighted by Gasteiger charge is 2.48. The van der Waals surface area contributed by atoms with Crippen molar-refractivity contribution in [2.75, 3.05) is 0 Å². The van der Waals surface area contributed by atoms with Gasteiger partial charge < -0.3 is 25.2 Å². The molecule has 8 rings (SSSR count). The highest BCUT2D eigenvalue weighted by atomic mass is 16.6. The molecule has 7 heteroatoms. The van der Waals surface area contributed by atoms with Gasteiger partial charge in [0, 0.05) is 32.8 Å². The van der Waals surface area contributed by atoms with Gasteiger partial charge in [0.1, 0.15) is 22.8 Å². The van der Waals surface area contributed by atoms with Crippen molar-refractivity contribution >= 4 is 55.0 Å². The van der Waals surface area contributed by atoms with Gasteiger partial charge in [-0.3, -0.25) is 0 Å². The molecular formula is C38H24O7. The van der Waals surface area contributed by atoms with Gasteiger partial charge in [0.2, 0.25) is 0 Å². The number of cyclic esters (lactones) is 1. The van der Waals surface area contributed by atoms with Gasteiger partial charge in [-0.05, 0) is 75.8 Å². The molecule has 45 heavy (non-hydrogen) atoms. The van der Waals surface area contributed by atoms with E-state index in [-0.39, 0.29) is 22.4 Å². The molecular weight excluding hydrogens is 568 g/mol. The second-order valence-corrected chi connectivity index (χ2v) is 11.4. The summed E-state index contributed by atoms with van der Waals surface area (Å²) < 4.78 is 6.62. The minimum absolute atomic E-state index is 0.0703. The Balaban J connectivity index is 1.67. The van der Waals surface area contributed by atoms with Gasteiger partial charge in [-0.25, -0.2) is 9.59 Å². The lowest BCUT2D eigenvalue weighted by Gasteiger charge is -2.41. The summed E-state index contributed by atoms with van der Waals surface area (Å²) in [4.78, 5) is 26.7. The maximum atomic E-state index is 14.1. The largest absolute Gasteiger partial charge is 0.508 e. The topological polar surface area (TPSA) is 124 Å². The van der Waals surface area contributed by atoms with Crippen LogP contribution in [-0.4, -0.2) is 32.4 Å². The number of phenolic OH excluding ortho intramolecular Hbond substituents is 2. The summed E-state index contributed by atoms with van der Waals surface area (Å²) in [6, 6.07) is 29.7. The van der Waals surface area contributed by atoms with Crippen LogP contribution in [-0.2, 0) is 10.3 Å². The van der Waals surface area contributed by atoms with Crippen LogP contribution in [0.15, 0.2) is 103 Å². The molecule has 0 fully saturated rings. The van der Waals surface area contributed by atoms with E-state index in [2.05, 4.69) is 0 Å². The Morgan fingerprint density at radius 1 is 0.644 bits per heavy atom. The fraction of sp³-hybridized carbons (Fsp3) is 0.0526.